The molecule has 0 bridgehead atoms. The third-order valence-electron chi connectivity index (χ3n) is 3.84. The van der Waals surface area contributed by atoms with E-state index in [2.05, 4.69) is 9.97 Å². The van der Waals surface area contributed by atoms with E-state index in [1.807, 2.05) is 24.3 Å². The molecule has 4 rings (SSSR count). The van der Waals surface area contributed by atoms with Crippen molar-refractivity contribution in [1.82, 2.24) is 9.97 Å². The van der Waals surface area contributed by atoms with Gasteiger partial charge in [-0.05, 0) is 35.0 Å². The predicted molar refractivity (Wildman–Crippen MR) is 88.0 cm³/mol. The van der Waals surface area contributed by atoms with Crippen molar-refractivity contribution in [3.63, 3.8) is 0 Å². The van der Waals surface area contributed by atoms with Gasteiger partial charge in [-0.25, -0.2) is 9.97 Å². The van der Waals surface area contributed by atoms with Crippen molar-refractivity contribution in [2.75, 3.05) is 14.2 Å². The molecule has 0 aliphatic rings. The molecule has 2 aromatic heterocycles. The summed E-state index contributed by atoms with van der Waals surface area (Å²) in [5.41, 5.74) is 1.58. The number of ether oxygens (including phenoxy) is 2. The van der Waals surface area contributed by atoms with Crippen molar-refractivity contribution in [2.45, 2.75) is 0 Å². The largest absolute Gasteiger partial charge is 0.497 e. The monoisotopic (exact) mass is 322 g/mol. The maximum Gasteiger partial charge on any atom is 0.230 e. The van der Waals surface area contributed by atoms with Crippen LogP contribution in [-0.4, -0.2) is 24.2 Å². The normalized spacial score (nSPS) is 10.9. The molecule has 0 N–H and O–H groups in total. The summed E-state index contributed by atoms with van der Waals surface area (Å²) in [5.74, 6) is 2.36. The number of methoxy groups -OCH3 is 2. The molecule has 0 amide bonds. The summed E-state index contributed by atoms with van der Waals surface area (Å²) >= 11 is 0. The Balaban J connectivity index is 2.12. The van der Waals surface area contributed by atoms with Gasteiger partial charge in [-0.15, -0.1) is 0 Å². The van der Waals surface area contributed by atoms with E-state index in [0.717, 1.165) is 27.6 Å². The molecular formula is C18H14N2O4. The van der Waals surface area contributed by atoms with Crippen molar-refractivity contribution in [3.05, 3.63) is 49.2 Å². The van der Waals surface area contributed by atoms with Crippen LogP contribution in [-0.2, 0) is 0 Å². The molecule has 0 spiro atoms. The first kappa shape index (κ1) is 14.3. The summed E-state index contributed by atoms with van der Waals surface area (Å²) in [4.78, 5) is 8.52. The maximum atomic E-state index is 5.57. The average molecular weight is 322 g/mol. The first-order valence-corrected chi connectivity index (χ1v) is 7.30. The van der Waals surface area contributed by atoms with E-state index >= 15 is 0 Å². The van der Waals surface area contributed by atoms with E-state index < -0.39 is 0 Å². The second kappa shape index (κ2) is 5.73. The second-order valence-corrected chi connectivity index (χ2v) is 5.09. The summed E-state index contributed by atoms with van der Waals surface area (Å²) in [5, 5.41) is 1.82. The highest BCUT2D eigenvalue weighted by atomic mass is 16.5. The van der Waals surface area contributed by atoms with Crippen LogP contribution in [0.25, 0.3) is 33.7 Å². The lowest BCUT2D eigenvalue weighted by Gasteiger charge is -2.13. The molecule has 4 aromatic rings. The number of oxazole rings is 2. The van der Waals surface area contributed by atoms with Gasteiger partial charge in [0.2, 0.25) is 11.8 Å². The Bertz CT molecular complexity index is 976. The van der Waals surface area contributed by atoms with Crippen molar-refractivity contribution in [1.29, 1.82) is 0 Å². The summed E-state index contributed by atoms with van der Waals surface area (Å²) in [6.07, 6.45) is 6.28. The fourth-order valence-corrected chi connectivity index (χ4v) is 2.77. The molecule has 0 aliphatic heterocycles. The Kier molecular flexibility index (Phi) is 3.42. The number of hydrogen-bond donors (Lipinski definition) is 0. The van der Waals surface area contributed by atoms with Crippen LogP contribution in [0.3, 0.4) is 0 Å². The molecule has 0 saturated heterocycles. The fraction of sp³-hybridized carbons (Fsp3) is 0.111. The number of nitrogens with zero attached hydrogens (tertiary/aromatic N) is 2. The predicted octanol–water partition coefficient (Wildman–Crippen LogP) is 4.17. The van der Waals surface area contributed by atoms with E-state index in [0.29, 0.717) is 17.5 Å². The number of fused-ring (bicyclic) bond motifs is 1. The zero-order valence-electron chi connectivity index (χ0n) is 13.1. The third-order valence-corrected chi connectivity index (χ3v) is 3.84. The van der Waals surface area contributed by atoms with Gasteiger partial charge < -0.3 is 18.3 Å². The van der Waals surface area contributed by atoms with E-state index in [1.54, 1.807) is 26.6 Å². The van der Waals surface area contributed by atoms with Crippen molar-refractivity contribution >= 4 is 10.8 Å². The molecule has 6 nitrogen and oxygen atoms in total. The van der Waals surface area contributed by atoms with Gasteiger partial charge in [0.25, 0.3) is 0 Å². The summed E-state index contributed by atoms with van der Waals surface area (Å²) in [6.45, 7) is 0. The van der Waals surface area contributed by atoms with E-state index in [-0.39, 0.29) is 0 Å². The molecule has 0 fully saturated rings. The van der Waals surface area contributed by atoms with Gasteiger partial charge >= 0.3 is 0 Å². The van der Waals surface area contributed by atoms with Gasteiger partial charge in [-0.2, -0.15) is 0 Å². The Morgan fingerprint density at radius 2 is 1.58 bits per heavy atom. The number of rotatable bonds is 4. The first-order chi connectivity index (χ1) is 11.8. The molecule has 0 atom stereocenters. The fourth-order valence-electron chi connectivity index (χ4n) is 2.77. The standard InChI is InChI=1S/C18H14N2O4/c1-21-11-3-4-12-13(9-11)14(17-19-5-7-23-17)10-15(22-2)16(12)18-20-6-8-24-18/h3-10H,1-2H3. The quantitative estimate of drug-likeness (QED) is 0.561. The number of aromatic nitrogens is 2. The van der Waals surface area contributed by atoms with Crippen LogP contribution in [0.5, 0.6) is 11.5 Å². The molecule has 0 radical (unpaired) electrons. The van der Waals surface area contributed by atoms with Gasteiger partial charge in [-0.1, -0.05) is 0 Å². The van der Waals surface area contributed by atoms with Crippen LogP contribution in [0.1, 0.15) is 0 Å². The van der Waals surface area contributed by atoms with E-state index in [1.165, 1.54) is 12.5 Å². The molecule has 0 aliphatic carbocycles. The highest BCUT2D eigenvalue weighted by molar-refractivity contribution is 6.05. The zero-order chi connectivity index (χ0) is 16.5. The molecule has 6 heteroatoms. The van der Waals surface area contributed by atoms with Crippen LogP contribution < -0.4 is 9.47 Å². The summed E-state index contributed by atoms with van der Waals surface area (Å²) < 4.78 is 21.9. The van der Waals surface area contributed by atoms with Crippen LogP contribution in [0, 0.1) is 0 Å². The number of benzene rings is 2. The van der Waals surface area contributed by atoms with Crippen molar-refractivity contribution in [2.24, 2.45) is 0 Å². The Morgan fingerprint density at radius 1 is 0.833 bits per heavy atom. The molecule has 2 heterocycles. The van der Waals surface area contributed by atoms with Crippen LogP contribution in [0.15, 0.2) is 58.0 Å². The SMILES string of the molecule is COc1ccc2c(-c3ncco3)c(OC)cc(-c3ncco3)c2c1. The molecule has 24 heavy (non-hydrogen) atoms. The minimum absolute atomic E-state index is 0.487. The lowest BCUT2D eigenvalue weighted by Crippen LogP contribution is -1.94. The maximum absolute atomic E-state index is 5.57. The van der Waals surface area contributed by atoms with Gasteiger partial charge in [-0.3, -0.25) is 0 Å². The summed E-state index contributed by atoms with van der Waals surface area (Å²) in [7, 11) is 3.24. The van der Waals surface area contributed by atoms with Crippen molar-refractivity contribution < 1.29 is 18.3 Å². The molecule has 2 aromatic carbocycles. The highest BCUT2D eigenvalue weighted by Crippen LogP contribution is 2.42. The Morgan fingerprint density at radius 3 is 2.21 bits per heavy atom. The molecule has 0 saturated carbocycles. The van der Waals surface area contributed by atoms with Crippen molar-refractivity contribution in [3.8, 4) is 34.4 Å². The van der Waals surface area contributed by atoms with Gasteiger partial charge in [0, 0.05) is 5.56 Å². The minimum Gasteiger partial charge on any atom is -0.497 e. The smallest absolute Gasteiger partial charge is 0.230 e. The third kappa shape index (κ3) is 2.20. The minimum atomic E-state index is 0.487. The number of hydrogen-bond acceptors (Lipinski definition) is 6. The zero-order valence-corrected chi connectivity index (χ0v) is 13.1. The van der Waals surface area contributed by atoms with Gasteiger partial charge in [0.1, 0.15) is 24.0 Å². The average Bonchev–Trinajstić information content (AvgIpc) is 3.33. The molecule has 120 valence electrons. The van der Waals surface area contributed by atoms with Crippen LogP contribution >= 0.6 is 0 Å². The van der Waals surface area contributed by atoms with Gasteiger partial charge in [0.15, 0.2) is 0 Å². The van der Waals surface area contributed by atoms with Crippen LogP contribution in [0.2, 0.25) is 0 Å². The molecule has 0 unspecified atom stereocenters. The summed E-state index contributed by atoms with van der Waals surface area (Å²) in [6, 6.07) is 7.63. The second-order valence-electron chi connectivity index (χ2n) is 5.09. The van der Waals surface area contributed by atoms with Crippen LogP contribution in [0.4, 0.5) is 0 Å². The molecular weight excluding hydrogens is 308 g/mol. The lowest BCUT2D eigenvalue weighted by molar-refractivity contribution is 0.414. The highest BCUT2D eigenvalue weighted by Gasteiger charge is 2.20. The first-order valence-electron chi connectivity index (χ1n) is 7.30. The lowest BCUT2D eigenvalue weighted by atomic mass is 9.97. The Labute approximate surface area is 137 Å². The topological polar surface area (TPSA) is 70.5 Å². The van der Waals surface area contributed by atoms with Gasteiger partial charge in [0.05, 0.1) is 32.2 Å². The Hall–Kier alpha value is -3.28. The van der Waals surface area contributed by atoms with E-state index in [9.17, 15) is 0 Å². The van der Waals surface area contributed by atoms with E-state index in [4.69, 9.17) is 18.3 Å².